The largest absolute Gasteiger partial charge is 1.00 e. The molecule has 0 aromatic heterocycles. The first kappa shape index (κ1) is 21.2. The van der Waals surface area contributed by atoms with Crippen molar-refractivity contribution in [2.24, 2.45) is 0 Å². The number of hydrogen-bond acceptors (Lipinski definition) is 3. The predicted molar refractivity (Wildman–Crippen MR) is 84.1 cm³/mol. The van der Waals surface area contributed by atoms with Crippen LogP contribution in [-0.4, -0.2) is 32.2 Å². The molecule has 2 N–H and O–H groups in total. The first-order chi connectivity index (χ1) is 9.79. The van der Waals surface area contributed by atoms with E-state index in [1.807, 2.05) is 0 Å². The third-order valence-electron chi connectivity index (χ3n) is 4.14. The maximum atomic E-state index is 9.06. The van der Waals surface area contributed by atoms with E-state index in [9.17, 15) is 0 Å². The molecule has 1 aliphatic carbocycles. The van der Waals surface area contributed by atoms with E-state index >= 15 is 0 Å². The van der Waals surface area contributed by atoms with Crippen molar-refractivity contribution in [2.45, 2.75) is 37.1 Å². The molecule has 125 valence electrons. The number of allylic oxidation sites excluding steroid dienone is 1. The van der Waals surface area contributed by atoms with Crippen LogP contribution in [0.3, 0.4) is 0 Å². The summed E-state index contributed by atoms with van der Waals surface area (Å²) < 4.78 is 6.52. The van der Waals surface area contributed by atoms with Gasteiger partial charge in [-0.1, -0.05) is 0 Å². The van der Waals surface area contributed by atoms with Crippen molar-refractivity contribution in [1.29, 1.82) is 0 Å². The fourth-order valence-electron chi connectivity index (χ4n) is 3.33. The molecular weight excluding hydrogens is 385 g/mol. The Morgan fingerprint density at radius 3 is 2.52 bits per heavy atom. The summed E-state index contributed by atoms with van der Waals surface area (Å²) in [5, 5.41) is 15.7. The molecule has 0 saturated carbocycles. The van der Waals surface area contributed by atoms with Gasteiger partial charge in [-0.3, -0.25) is 0 Å². The quantitative estimate of drug-likeness (QED) is 0.521. The van der Waals surface area contributed by atoms with Gasteiger partial charge in [-0.15, -0.1) is 0 Å². The summed E-state index contributed by atoms with van der Waals surface area (Å²) >= 11 is 2.28. The van der Waals surface area contributed by atoms with E-state index in [4.69, 9.17) is 9.53 Å². The zero-order chi connectivity index (χ0) is 15.4. The number of benzene rings is 1. The van der Waals surface area contributed by atoms with E-state index in [1.165, 1.54) is 27.2 Å². The first-order valence-electron chi connectivity index (χ1n) is 7.42. The average molecular weight is 407 g/mol. The van der Waals surface area contributed by atoms with Crippen LogP contribution in [0.5, 0.6) is 0 Å². The number of fused-ring (bicyclic) bond motifs is 2. The second-order valence-electron chi connectivity index (χ2n) is 6.97. The summed E-state index contributed by atoms with van der Waals surface area (Å²) in [6.45, 7) is 9.38. The van der Waals surface area contributed by atoms with Crippen LogP contribution in [0, 0.1) is 0 Å². The van der Waals surface area contributed by atoms with Crippen LogP contribution < -0.4 is 30.1 Å². The SMILES string of the molecule is CC(C)(C)Nc1cccc2c1C1=C([CH]2[Ti+2])[Si]1(C)OCCO.[Cl-].[Cl-]. The number of halogens is 2. The van der Waals surface area contributed by atoms with E-state index in [1.54, 1.807) is 0 Å². The van der Waals surface area contributed by atoms with Gasteiger partial charge in [-0.2, -0.15) is 0 Å². The Morgan fingerprint density at radius 1 is 1.30 bits per heavy atom. The molecule has 0 radical (unpaired) electrons. The summed E-state index contributed by atoms with van der Waals surface area (Å²) in [6.07, 6.45) is 0. The molecule has 23 heavy (non-hydrogen) atoms. The molecular formula is C16H22Cl2NO2SiTi. The van der Waals surface area contributed by atoms with Gasteiger partial charge in [0, 0.05) is 0 Å². The number of aliphatic hydroxyl groups excluding tert-OH is 1. The molecule has 7 heteroatoms. The van der Waals surface area contributed by atoms with Gasteiger partial charge in [0.25, 0.3) is 0 Å². The molecule has 0 saturated heterocycles. The van der Waals surface area contributed by atoms with Gasteiger partial charge in [0.2, 0.25) is 0 Å². The van der Waals surface area contributed by atoms with Crippen LogP contribution >= 0.6 is 0 Å². The Bertz CT molecular complexity index is 633. The minimum absolute atomic E-state index is 0. The molecule has 3 rings (SSSR count). The fraction of sp³-hybridized carbons (Fsp3) is 0.500. The van der Waals surface area contributed by atoms with E-state index in [0.29, 0.717) is 10.8 Å². The van der Waals surface area contributed by atoms with Crippen molar-refractivity contribution in [3.8, 4) is 0 Å². The van der Waals surface area contributed by atoms with Gasteiger partial charge in [0.05, 0.1) is 0 Å². The zero-order valence-electron chi connectivity index (χ0n) is 13.8. The fourth-order valence-corrected chi connectivity index (χ4v) is 9.27. The topological polar surface area (TPSA) is 41.5 Å². The molecule has 1 aromatic rings. The molecule has 1 heterocycles. The minimum Gasteiger partial charge on any atom is -1.00 e. The van der Waals surface area contributed by atoms with Crippen molar-refractivity contribution in [2.75, 3.05) is 18.5 Å². The Hall–Kier alpha value is 0.191. The van der Waals surface area contributed by atoms with Crippen molar-refractivity contribution in [3.63, 3.8) is 0 Å². The van der Waals surface area contributed by atoms with Gasteiger partial charge >= 0.3 is 139 Å². The predicted octanol–water partition coefficient (Wildman–Crippen LogP) is -3.06. The number of nitrogens with one attached hydrogen (secondary N) is 1. The van der Waals surface area contributed by atoms with E-state index in [2.05, 4.69) is 71.3 Å². The van der Waals surface area contributed by atoms with E-state index < -0.39 is 8.32 Å². The van der Waals surface area contributed by atoms with Crippen molar-refractivity contribution < 1.29 is 54.8 Å². The average Bonchev–Trinajstić information content (AvgIpc) is 2.85. The second kappa shape index (κ2) is 7.20. The Kier molecular flexibility index (Phi) is 6.65. The minimum atomic E-state index is -1.86. The summed E-state index contributed by atoms with van der Waals surface area (Å²) in [5.41, 5.74) is 4.06. The molecule has 0 bridgehead atoms. The molecule has 2 aliphatic rings. The third-order valence-corrected chi connectivity index (χ3v) is 9.09. The van der Waals surface area contributed by atoms with E-state index in [0.717, 1.165) is 0 Å². The van der Waals surface area contributed by atoms with Gasteiger partial charge in [-0.25, -0.2) is 0 Å². The summed E-state index contributed by atoms with van der Waals surface area (Å²) in [5.74, 6) is 0. The molecule has 0 spiro atoms. The van der Waals surface area contributed by atoms with Crippen LogP contribution in [0.2, 0.25) is 6.55 Å². The number of aliphatic hydroxyl groups is 1. The zero-order valence-corrected chi connectivity index (χ0v) is 17.9. The van der Waals surface area contributed by atoms with Gasteiger partial charge < -0.3 is 24.8 Å². The van der Waals surface area contributed by atoms with Crippen LogP contribution in [-0.2, 0) is 24.9 Å². The number of anilines is 1. The van der Waals surface area contributed by atoms with Crippen LogP contribution in [0.1, 0.15) is 36.1 Å². The van der Waals surface area contributed by atoms with Gasteiger partial charge in [-0.05, 0) is 0 Å². The molecule has 0 amide bonds. The van der Waals surface area contributed by atoms with Gasteiger partial charge in [0.15, 0.2) is 0 Å². The van der Waals surface area contributed by atoms with Crippen molar-refractivity contribution >= 4 is 19.2 Å². The van der Waals surface area contributed by atoms with Crippen LogP contribution in [0.25, 0.3) is 5.20 Å². The molecule has 3 nitrogen and oxygen atoms in total. The third kappa shape index (κ3) is 3.59. The first-order valence-corrected chi connectivity index (χ1v) is 10.7. The maximum absolute atomic E-state index is 9.06. The van der Waals surface area contributed by atoms with Gasteiger partial charge in [0.1, 0.15) is 0 Å². The van der Waals surface area contributed by atoms with Crippen molar-refractivity contribution in [1.82, 2.24) is 0 Å². The molecule has 0 fully saturated rings. The summed E-state index contributed by atoms with van der Waals surface area (Å²) in [6, 6.07) is 6.55. The standard InChI is InChI=1S/C16H22NO2Si.2ClH.Ti/c1-16(2,3)17-12-7-5-6-11-10-13-15(14(11)12)20(13,4)19-9-8-18;;;/h5-7,10,17-18H,8-9H2,1-4H3;2*1H;/q;;;+2/p-2. The second-order valence-corrected chi connectivity index (χ2v) is 11.3. The molecule has 2 unspecified atom stereocenters. The monoisotopic (exact) mass is 406 g/mol. The Labute approximate surface area is 163 Å². The molecule has 1 aromatic carbocycles. The normalized spacial score (nSPS) is 24.4. The van der Waals surface area contributed by atoms with Crippen molar-refractivity contribution in [3.05, 3.63) is 34.5 Å². The summed E-state index contributed by atoms with van der Waals surface area (Å²) in [7, 11) is -1.86. The molecule has 1 aliphatic heterocycles. The number of rotatable bonds is 4. The smallest absolute Gasteiger partial charge is 1.00 e. The Morgan fingerprint density at radius 2 is 1.96 bits per heavy atom. The Balaban J connectivity index is 0.00000132. The maximum Gasteiger partial charge on any atom is -1.00 e. The van der Waals surface area contributed by atoms with E-state index in [-0.39, 0.29) is 37.0 Å². The van der Waals surface area contributed by atoms with Crippen LogP contribution in [0.4, 0.5) is 5.69 Å². The molecule has 2 atom stereocenters. The van der Waals surface area contributed by atoms with Crippen LogP contribution in [0.15, 0.2) is 23.4 Å². The number of hydrogen-bond donors (Lipinski definition) is 2. The summed E-state index contributed by atoms with van der Waals surface area (Å²) in [4.78, 5) is 0.